The Kier molecular flexibility index (Phi) is 5.55. The van der Waals surface area contributed by atoms with Gasteiger partial charge in [-0.25, -0.2) is 14.6 Å². The van der Waals surface area contributed by atoms with Crippen LogP contribution in [0.2, 0.25) is 0 Å². The lowest BCUT2D eigenvalue weighted by Crippen LogP contribution is -2.41. The number of fused-ring (bicyclic) bond motifs is 1. The molecular weight excluding hydrogens is 370 g/mol. The zero-order valence-corrected chi connectivity index (χ0v) is 16.7. The number of aromatic nitrogens is 4. The largest absolute Gasteiger partial charge is 0.356 e. The minimum absolute atomic E-state index is 0.000268. The fourth-order valence-electron chi connectivity index (χ4n) is 3.73. The Balaban J connectivity index is 1.62. The Morgan fingerprint density at radius 2 is 2.00 bits per heavy atom. The summed E-state index contributed by atoms with van der Waals surface area (Å²) in [6.07, 6.45) is 2.11. The molecule has 2 aromatic heterocycles. The minimum atomic E-state index is 0.000268. The van der Waals surface area contributed by atoms with E-state index >= 15 is 0 Å². The molecule has 1 N–H and O–H groups in total. The third kappa shape index (κ3) is 4.44. The van der Waals surface area contributed by atoms with Crippen LogP contribution in [-0.2, 0) is 11.3 Å². The van der Waals surface area contributed by atoms with Gasteiger partial charge in [0.2, 0.25) is 17.2 Å². The second kappa shape index (κ2) is 8.42. The van der Waals surface area contributed by atoms with Gasteiger partial charge < -0.3 is 15.1 Å². The summed E-state index contributed by atoms with van der Waals surface area (Å²) < 4.78 is 4.84. The van der Waals surface area contributed by atoms with Gasteiger partial charge in [-0.05, 0) is 34.6 Å². The molecule has 1 aliphatic rings. The van der Waals surface area contributed by atoms with Gasteiger partial charge in [0.05, 0.1) is 0 Å². The van der Waals surface area contributed by atoms with Crippen molar-refractivity contribution in [2.24, 2.45) is 5.92 Å². The summed E-state index contributed by atoms with van der Waals surface area (Å²) in [6.45, 7) is 4.60. The first-order valence-corrected chi connectivity index (χ1v) is 9.85. The quantitative estimate of drug-likeness (QED) is 0.676. The van der Waals surface area contributed by atoms with E-state index in [1.165, 1.54) is 5.56 Å². The molecule has 0 saturated carbocycles. The fourth-order valence-corrected chi connectivity index (χ4v) is 3.73. The number of nitrogens with zero attached hydrogens (tertiary/aromatic N) is 6. The van der Waals surface area contributed by atoms with Crippen molar-refractivity contribution in [3.8, 4) is 0 Å². The number of rotatable bonds is 6. The SMILES string of the molecule is CC(=O)NC[C@H]1CCCN(c2nc3nonc3nc2N(C)Cc2ccccc2)C1. The van der Waals surface area contributed by atoms with E-state index in [9.17, 15) is 4.79 Å². The molecule has 0 bridgehead atoms. The summed E-state index contributed by atoms with van der Waals surface area (Å²) in [5.41, 5.74) is 1.99. The van der Waals surface area contributed by atoms with Gasteiger partial charge in [-0.2, -0.15) is 0 Å². The van der Waals surface area contributed by atoms with E-state index in [0.717, 1.165) is 37.6 Å². The number of hydrogen-bond acceptors (Lipinski definition) is 8. The lowest BCUT2D eigenvalue weighted by molar-refractivity contribution is -0.119. The van der Waals surface area contributed by atoms with E-state index in [1.54, 1.807) is 6.92 Å². The molecule has 0 aliphatic carbocycles. The van der Waals surface area contributed by atoms with Crippen LogP contribution in [-0.4, -0.2) is 52.9 Å². The molecule has 29 heavy (non-hydrogen) atoms. The zero-order chi connectivity index (χ0) is 20.2. The van der Waals surface area contributed by atoms with Gasteiger partial charge in [-0.1, -0.05) is 30.3 Å². The Bertz CT molecular complexity index is 975. The number of anilines is 2. The highest BCUT2D eigenvalue weighted by molar-refractivity contribution is 5.75. The second-order valence-corrected chi connectivity index (χ2v) is 7.52. The number of benzene rings is 1. The standard InChI is InChI=1S/C20H25N7O2/c1-14(28)21-11-16-9-6-10-27(13-16)20-19(22-17-18(23-20)25-29-24-17)26(2)12-15-7-4-3-5-8-15/h3-5,7-8,16H,6,9-13H2,1-2H3,(H,21,28)/t16-/m1/s1. The van der Waals surface area contributed by atoms with Crippen molar-refractivity contribution in [1.29, 1.82) is 0 Å². The van der Waals surface area contributed by atoms with Gasteiger partial charge in [0.25, 0.3) is 0 Å². The number of hydrogen-bond donors (Lipinski definition) is 1. The fraction of sp³-hybridized carbons (Fsp3) is 0.450. The van der Waals surface area contributed by atoms with Crippen LogP contribution >= 0.6 is 0 Å². The van der Waals surface area contributed by atoms with Crippen LogP contribution in [0.3, 0.4) is 0 Å². The first-order valence-electron chi connectivity index (χ1n) is 9.85. The van der Waals surface area contributed by atoms with E-state index in [2.05, 4.69) is 37.6 Å². The van der Waals surface area contributed by atoms with Crippen LogP contribution in [0.25, 0.3) is 11.3 Å². The molecule has 0 unspecified atom stereocenters. The first-order chi connectivity index (χ1) is 14.1. The first kappa shape index (κ1) is 19.1. The molecule has 1 fully saturated rings. The molecule has 1 saturated heterocycles. The predicted molar refractivity (Wildman–Crippen MR) is 110 cm³/mol. The summed E-state index contributed by atoms with van der Waals surface area (Å²) >= 11 is 0. The molecular formula is C20H25N7O2. The Morgan fingerprint density at radius 3 is 2.76 bits per heavy atom. The maximum absolute atomic E-state index is 11.3. The number of nitrogens with one attached hydrogen (secondary N) is 1. The van der Waals surface area contributed by atoms with Crippen molar-refractivity contribution in [2.45, 2.75) is 26.3 Å². The molecule has 3 aromatic rings. The number of carbonyl (C=O) groups is 1. The summed E-state index contributed by atoms with van der Waals surface area (Å²) in [6, 6.07) is 10.2. The average molecular weight is 395 g/mol. The van der Waals surface area contributed by atoms with Crippen molar-refractivity contribution < 1.29 is 9.42 Å². The minimum Gasteiger partial charge on any atom is -0.356 e. The zero-order valence-electron chi connectivity index (χ0n) is 16.7. The van der Waals surface area contributed by atoms with Crippen LogP contribution in [0.15, 0.2) is 35.0 Å². The lowest BCUT2D eigenvalue weighted by atomic mass is 9.98. The van der Waals surface area contributed by atoms with Gasteiger partial charge in [-0.3, -0.25) is 4.79 Å². The van der Waals surface area contributed by atoms with Crippen molar-refractivity contribution in [3.63, 3.8) is 0 Å². The van der Waals surface area contributed by atoms with Crippen LogP contribution in [0, 0.1) is 5.92 Å². The lowest BCUT2D eigenvalue weighted by Gasteiger charge is -2.35. The Hall–Kier alpha value is -3.23. The number of amides is 1. The smallest absolute Gasteiger partial charge is 0.245 e. The summed E-state index contributed by atoms with van der Waals surface area (Å²) in [5.74, 6) is 1.89. The van der Waals surface area contributed by atoms with Gasteiger partial charge in [0.1, 0.15) is 0 Å². The third-order valence-corrected chi connectivity index (χ3v) is 5.16. The molecule has 9 nitrogen and oxygen atoms in total. The molecule has 1 aliphatic heterocycles. The van der Waals surface area contributed by atoms with E-state index in [1.807, 2.05) is 25.2 Å². The van der Waals surface area contributed by atoms with Crippen molar-refractivity contribution in [3.05, 3.63) is 35.9 Å². The molecule has 0 spiro atoms. The molecule has 1 amide bonds. The summed E-state index contributed by atoms with van der Waals surface area (Å²) in [7, 11) is 2.00. The van der Waals surface area contributed by atoms with E-state index < -0.39 is 0 Å². The van der Waals surface area contributed by atoms with Crippen LogP contribution < -0.4 is 15.1 Å². The van der Waals surface area contributed by atoms with E-state index in [0.29, 0.717) is 30.3 Å². The maximum Gasteiger partial charge on any atom is 0.245 e. The number of carbonyl (C=O) groups excluding carboxylic acids is 1. The number of piperidine rings is 1. The second-order valence-electron chi connectivity index (χ2n) is 7.52. The van der Waals surface area contributed by atoms with Crippen LogP contribution in [0.1, 0.15) is 25.3 Å². The topological polar surface area (TPSA) is 100 Å². The molecule has 4 rings (SSSR count). The van der Waals surface area contributed by atoms with Gasteiger partial charge in [-0.15, -0.1) is 0 Å². The molecule has 0 radical (unpaired) electrons. The Morgan fingerprint density at radius 1 is 1.24 bits per heavy atom. The highest BCUT2D eigenvalue weighted by atomic mass is 16.6. The van der Waals surface area contributed by atoms with Gasteiger partial charge in [0, 0.05) is 40.2 Å². The van der Waals surface area contributed by atoms with E-state index in [4.69, 9.17) is 14.6 Å². The molecule has 1 aromatic carbocycles. The van der Waals surface area contributed by atoms with E-state index in [-0.39, 0.29) is 5.91 Å². The van der Waals surface area contributed by atoms with Gasteiger partial charge >= 0.3 is 0 Å². The van der Waals surface area contributed by atoms with Crippen molar-refractivity contribution in [1.82, 2.24) is 25.6 Å². The van der Waals surface area contributed by atoms with Gasteiger partial charge in [0.15, 0.2) is 11.6 Å². The van der Waals surface area contributed by atoms with Crippen molar-refractivity contribution >= 4 is 28.8 Å². The van der Waals surface area contributed by atoms with Crippen LogP contribution in [0.5, 0.6) is 0 Å². The molecule has 1 atom stereocenters. The highest BCUT2D eigenvalue weighted by Gasteiger charge is 2.26. The summed E-state index contributed by atoms with van der Waals surface area (Å²) in [5, 5.41) is 10.7. The molecule has 9 heteroatoms. The normalized spacial score (nSPS) is 16.8. The molecule has 3 heterocycles. The Labute approximate surface area is 169 Å². The highest BCUT2D eigenvalue weighted by Crippen LogP contribution is 2.30. The third-order valence-electron chi connectivity index (χ3n) is 5.16. The average Bonchev–Trinajstić information content (AvgIpc) is 3.20. The maximum atomic E-state index is 11.3. The predicted octanol–water partition coefficient (Wildman–Crippen LogP) is 2.00. The van der Waals surface area contributed by atoms with Crippen molar-refractivity contribution in [2.75, 3.05) is 36.5 Å². The monoisotopic (exact) mass is 395 g/mol. The van der Waals surface area contributed by atoms with Crippen LogP contribution in [0.4, 0.5) is 11.6 Å². The summed E-state index contributed by atoms with van der Waals surface area (Å²) in [4.78, 5) is 25.0. The molecule has 152 valence electrons.